The molecule has 0 aliphatic carbocycles. The number of benzene rings is 2. The van der Waals surface area contributed by atoms with Gasteiger partial charge in [0.25, 0.3) is 0 Å². The van der Waals surface area contributed by atoms with Crippen LogP contribution in [0.2, 0.25) is 5.02 Å². The highest BCUT2D eigenvalue weighted by Gasteiger charge is 2.31. The number of rotatable bonds is 6. The number of nitrogens with one attached hydrogen (secondary N) is 1. The molecule has 3 heterocycles. The Morgan fingerprint density at radius 3 is 2.94 bits per heavy atom. The normalized spacial score (nSPS) is 20.7. The molecule has 2 saturated heterocycles. The maximum atomic E-state index is 14.5. The molecule has 34 heavy (non-hydrogen) atoms. The van der Waals surface area contributed by atoms with Gasteiger partial charge in [0.05, 0.1) is 44.2 Å². The standard InChI is InChI=1S/C24H26ClFN4O4/c1-14-5-19(26)21(7-18(14)25)29-24-17-6-22(31-2)23(8-20(17)27-13-28-24)34-12-16-9-30-3-4-32-10-15(30)11-33-16/h5-8,13,15-16H,3-4,9-12H2,1-2H3,(H,27,28,29)/t15?,16-/m1/s1. The molecule has 0 radical (unpaired) electrons. The summed E-state index contributed by atoms with van der Waals surface area (Å²) in [5, 5.41) is 4.14. The van der Waals surface area contributed by atoms with Crippen LogP contribution in [-0.4, -0.2) is 73.6 Å². The monoisotopic (exact) mass is 488 g/mol. The zero-order chi connectivity index (χ0) is 23.7. The third-order valence-corrected chi connectivity index (χ3v) is 6.57. The number of methoxy groups -OCH3 is 1. The topological polar surface area (TPSA) is 78.0 Å². The Balaban J connectivity index is 1.36. The van der Waals surface area contributed by atoms with Gasteiger partial charge in [0.15, 0.2) is 11.5 Å². The highest BCUT2D eigenvalue weighted by molar-refractivity contribution is 6.31. The molecule has 1 aromatic heterocycles. The van der Waals surface area contributed by atoms with Crippen molar-refractivity contribution in [2.75, 3.05) is 51.9 Å². The van der Waals surface area contributed by atoms with E-state index in [9.17, 15) is 4.39 Å². The average molecular weight is 489 g/mol. The maximum absolute atomic E-state index is 14.5. The summed E-state index contributed by atoms with van der Waals surface area (Å²) in [6.07, 6.45) is 1.36. The number of morpholine rings is 2. The third kappa shape index (κ3) is 4.74. The summed E-state index contributed by atoms with van der Waals surface area (Å²) in [5.41, 5.74) is 1.52. The first-order chi connectivity index (χ1) is 16.5. The van der Waals surface area contributed by atoms with Crippen molar-refractivity contribution in [1.29, 1.82) is 0 Å². The van der Waals surface area contributed by atoms with Crippen molar-refractivity contribution in [3.8, 4) is 11.5 Å². The number of aryl methyl sites for hydroxylation is 1. The van der Waals surface area contributed by atoms with Crippen LogP contribution in [0.5, 0.6) is 11.5 Å². The Kier molecular flexibility index (Phi) is 6.69. The van der Waals surface area contributed by atoms with Gasteiger partial charge in [-0.15, -0.1) is 0 Å². The van der Waals surface area contributed by atoms with E-state index >= 15 is 0 Å². The molecular formula is C24H26ClFN4O4. The predicted molar refractivity (Wildman–Crippen MR) is 127 cm³/mol. The molecule has 8 nitrogen and oxygen atoms in total. The number of anilines is 2. The van der Waals surface area contributed by atoms with Crippen LogP contribution in [0, 0.1) is 12.7 Å². The van der Waals surface area contributed by atoms with Gasteiger partial charge in [-0.3, -0.25) is 4.90 Å². The fourth-order valence-corrected chi connectivity index (χ4v) is 4.40. The van der Waals surface area contributed by atoms with Gasteiger partial charge in [-0.2, -0.15) is 0 Å². The lowest BCUT2D eigenvalue weighted by Gasteiger charge is -2.41. The molecule has 3 aromatic rings. The number of halogens is 2. The number of hydrogen-bond donors (Lipinski definition) is 1. The predicted octanol–water partition coefficient (Wildman–Crippen LogP) is 3.96. The average Bonchev–Trinajstić information content (AvgIpc) is 2.85. The quantitative estimate of drug-likeness (QED) is 0.558. The Hall–Kier alpha value is -2.72. The van der Waals surface area contributed by atoms with E-state index in [1.807, 2.05) is 0 Å². The van der Waals surface area contributed by atoms with E-state index in [4.69, 9.17) is 30.5 Å². The molecule has 10 heteroatoms. The molecular weight excluding hydrogens is 463 g/mol. The molecule has 0 amide bonds. The summed E-state index contributed by atoms with van der Waals surface area (Å²) in [4.78, 5) is 11.0. The first-order valence-corrected chi connectivity index (χ1v) is 11.5. The lowest BCUT2D eigenvalue weighted by molar-refractivity contribution is -0.124. The van der Waals surface area contributed by atoms with Gasteiger partial charge in [0, 0.05) is 29.6 Å². The molecule has 2 atom stereocenters. The minimum absolute atomic E-state index is 0.0494. The van der Waals surface area contributed by atoms with Gasteiger partial charge < -0.3 is 24.3 Å². The van der Waals surface area contributed by atoms with Crippen molar-refractivity contribution in [3.63, 3.8) is 0 Å². The fourth-order valence-electron chi connectivity index (χ4n) is 4.23. The lowest BCUT2D eigenvalue weighted by atomic mass is 10.1. The SMILES string of the molecule is COc1cc2c(Nc3cc(Cl)c(C)cc3F)ncnc2cc1OC[C@H]1CN2CCOCC2CO1. The number of hydrogen-bond acceptors (Lipinski definition) is 8. The highest BCUT2D eigenvalue weighted by atomic mass is 35.5. The van der Waals surface area contributed by atoms with Crippen LogP contribution in [0.4, 0.5) is 15.9 Å². The number of nitrogens with zero attached hydrogens (tertiary/aromatic N) is 3. The van der Waals surface area contributed by atoms with Gasteiger partial charge in [-0.1, -0.05) is 11.6 Å². The number of ether oxygens (including phenoxy) is 4. The van der Waals surface area contributed by atoms with E-state index in [1.165, 1.54) is 18.5 Å². The molecule has 2 fully saturated rings. The summed E-state index contributed by atoms with van der Waals surface area (Å²) in [6.45, 7) is 5.92. The zero-order valence-electron chi connectivity index (χ0n) is 19.0. The minimum Gasteiger partial charge on any atom is -0.493 e. The van der Waals surface area contributed by atoms with E-state index < -0.39 is 5.82 Å². The summed E-state index contributed by atoms with van der Waals surface area (Å²) < 4.78 is 37.6. The van der Waals surface area contributed by atoms with Crippen LogP contribution in [0.3, 0.4) is 0 Å². The minimum atomic E-state index is -0.421. The molecule has 2 aliphatic heterocycles. The molecule has 1 N–H and O–H groups in total. The molecule has 0 saturated carbocycles. The third-order valence-electron chi connectivity index (χ3n) is 6.16. The van der Waals surface area contributed by atoms with Gasteiger partial charge in [-0.05, 0) is 30.7 Å². The van der Waals surface area contributed by atoms with Crippen LogP contribution < -0.4 is 14.8 Å². The maximum Gasteiger partial charge on any atom is 0.163 e. The van der Waals surface area contributed by atoms with Crippen molar-refractivity contribution in [3.05, 3.63) is 47.0 Å². The lowest BCUT2D eigenvalue weighted by Crippen LogP contribution is -2.56. The van der Waals surface area contributed by atoms with E-state index in [0.29, 0.717) is 64.7 Å². The first kappa shape index (κ1) is 23.0. The Labute approximate surface area is 201 Å². The van der Waals surface area contributed by atoms with Crippen molar-refractivity contribution in [2.24, 2.45) is 0 Å². The van der Waals surface area contributed by atoms with Crippen molar-refractivity contribution < 1.29 is 23.3 Å². The summed E-state index contributed by atoms with van der Waals surface area (Å²) in [7, 11) is 1.57. The second-order valence-electron chi connectivity index (χ2n) is 8.44. The first-order valence-electron chi connectivity index (χ1n) is 11.1. The van der Waals surface area contributed by atoms with Gasteiger partial charge in [0.1, 0.15) is 30.7 Å². The van der Waals surface area contributed by atoms with E-state index in [-0.39, 0.29) is 11.8 Å². The summed E-state index contributed by atoms with van der Waals surface area (Å²) in [5.74, 6) is 1.09. The Morgan fingerprint density at radius 2 is 2.09 bits per heavy atom. The molecule has 2 aliphatic rings. The number of aromatic nitrogens is 2. The molecule has 0 bridgehead atoms. The smallest absolute Gasteiger partial charge is 0.163 e. The van der Waals surface area contributed by atoms with Crippen molar-refractivity contribution in [1.82, 2.24) is 14.9 Å². The van der Waals surface area contributed by atoms with Gasteiger partial charge >= 0.3 is 0 Å². The summed E-state index contributed by atoms with van der Waals surface area (Å²) in [6, 6.07) is 6.81. The Morgan fingerprint density at radius 1 is 1.21 bits per heavy atom. The zero-order valence-corrected chi connectivity index (χ0v) is 19.8. The molecule has 5 rings (SSSR count). The van der Waals surface area contributed by atoms with Crippen LogP contribution in [-0.2, 0) is 9.47 Å². The van der Waals surface area contributed by atoms with Gasteiger partial charge in [-0.25, -0.2) is 14.4 Å². The van der Waals surface area contributed by atoms with Gasteiger partial charge in [0.2, 0.25) is 0 Å². The van der Waals surface area contributed by atoms with E-state index in [2.05, 4.69) is 20.2 Å². The van der Waals surface area contributed by atoms with Crippen LogP contribution >= 0.6 is 11.6 Å². The number of fused-ring (bicyclic) bond motifs is 2. The molecule has 2 aromatic carbocycles. The molecule has 180 valence electrons. The largest absolute Gasteiger partial charge is 0.493 e. The van der Waals surface area contributed by atoms with Crippen molar-refractivity contribution >= 4 is 34.0 Å². The van der Waals surface area contributed by atoms with E-state index in [0.717, 1.165) is 19.7 Å². The fraction of sp³-hybridized carbons (Fsp3) is 0.417. The second-order valence-corrected chi connectivity index (χ2v) is 8.85. The van der Waals surface area contributed by atoms with Crippen LogP contribution in [0.15, 0.2) is 30.6 Å². The Bertz CT molecular complexity index is 1200. The molecule has 0 spiro atoms. The van der Waals surface area contributed by atoms with Crippen LogP contribution in [0.25, 0.3) is 10.9 Å². The summed E-state index contributed by atoms with van der Waals surface area (Å²) >= 11 is 6.18. The van der Waals surface area contributed by atoms with Crippen molar-refractivity contribution in [2.45, 2.75) is 19.1 Å². The van der Waals surface area contributed by atoms with Crippen LogP contribution in [0.1, 0.15) is 5.56 Å². The van der Waals surface area contributed by atoms with E-state index in [1.54, 1.807) is 26.2 Å². The second kappa shape index (κ2) is 9.87. The highest BCUT2D eigenvalue weighted by Crippen LogP contribution is 2.36. The molecule has 1 unspecified atom stereocenters.